The zero-order valence-corrected chi connectivity index (χ0v) is 60.3. The fourth-order valence-electron chi connectivity index (χ4n) is 10.8. The van der Waals surface area contributed by atoms with Crippen molar-refractivity contribution in [2.24, 2.45) is 0 Å². The Morgan fingerprint density at radius 3 is 1.10 bits per heavy atom. The van der Waals surface area contributed by atoms with Crippen molar-refractivity contribution in [3.63, 3.8) is 0 Å². The van der Waals surface area contributed by atoms with Crippen molar-refractivity contribution in [2.45, 2.75) is 305 Å². The van der Waals surface area contributed by atoms with E-state index in [1.54, 1.807) is 39.5 Å². The average Bonchev–Trinajstić information content (AvgIpc) is 2.91. The summed E-state index contributed by atoms with van der Waals surface area (Å²) in [6.45, 7) is 29.4. The summed E-state index contributed by atoms with van der Waals surface area (Å²) in [7, 11) is -1.64. The Labute approximate surface area is 559 Å². The summed E-state index contributed by atoms with van der Waals surface area (Å²) in [5.41, 5.74) is -2.51. The van der Waals surface area contributed by atoms with Crippen molar-refractivity contribution >= 4 is 50.1 Å². The van der Waals surface area contributed by atoms with Gasteiger partial charge in [0, 0.05) is 8.41 Å². The first kappa shape index (κ1) is 86.2. The predicted octanol–water partition coefficient (Wildman–Crippen LogP) is 13.9. The van der Waals surface area contributed by atoms with E-state index in [0.29, 0.717) is 12.9 Å². The predicted molar refractivity (Wildman–Crippen MR) is 366 cm³/mol. The van der Waals surface area contributed by atoms with Crippen molar-refractivity contribution in [3.8, 4) is 0 Å². The minimum atomic E-state index is -1.64. The van der Waals surface area contributed by atoms with Crippen LogP contribution in [0.25, 0.3) is 0 Å². The van der Waals surface area contributed by atoms with Gasteiger partial charge in [-0.1, -0.05) is 235 Å². The number of halogens is 1. The smallest absolute Gasteiger partial charge is 1.00 e. The number of hydrogen-bond donors (Lipinski definition) is 0. The van der Waals surface area contributed by atoms with Gasteiger partial charge in [-0.3, -0.25) is 9.80 Å². The summed E-state index contributed by atoms with van der Waals surface area (Å²) < 4.78 is 22.1. The van der Waals surface area contributed by atoms with E-state index >= 15 is 0 Å². The second-order valence-electron chi connectivity index (χ2n) is 26.2. The first-order chi connectivity index (χ1) is 40.1. The molecule has 87 heavy (non-hydrogen) atoms. The standard InChI is InChI=1S/C33H46P.C26H49NO3.C11H19NO4.C4H9.B.BrH.Li/c1-2-3-4-5-6-7-8-9-10-11-12-13-23-30-34(31-24-17-14-18-25-31,32-26-19-15-20-27-32)33-28-21-16-22-29-33;1-7-8-9-10-11-12-13-14-15-16-17-18-19-20-21-23-22-29-26(5,6)27(23)24(28)30-25(2,3)4;1-10(2,3)16-9(14)12-8(6-13)7-15-11(12,4)5;1-3-4-2;;;/h14-22,24-29H,2-13,23,30H2,1H3;20-21,23H,7-19,22H2,1-6H3;6,8H,7H2,1-5H3;1,3-4H2,2H3;;1H;/q+1;;;-1;;;+1/p-1/b;21-20+;;;;;/t;23-;8-;;;;/m.11..../s1. The maximum absolute atomic E-state index is 12.6. The first-order valence-electron chi connectivity index (χ1n) is 33.4. The van der Waals surface area contributed by atoms with E-state index < -0.39 is 42.0 Å². The number of carbonyl (C=O) groups excluding carboxylic acids is 3. The minimum Gasteiger partial charge on any atom is -1.00 e. The number of unbranched alkanes of at least 4 members (excludes halogenated alkanes) is 25. The van der Waals surface area contributed by atoms with Gasteiger partial charge in [-0.2, -0.15) is 6.42 Å². The molecule has 0 bridgehead atoms. The normalized spacial score (nSPS) is 15.9. The molecule has 0 aliphatic carbocycles. The van der Waals surface area contributed by atoms with Crippen LogP contribution in [0, 0.1) is 6.92 Å². The molecule has 3 aromatic rings. The van der Waals surface area contributed by atoms with Gasteiger partial charge in [0.2, 0.25) is 0 Å². The van der Waals surface area contributed by atoms with E-state index in [-0.39, 0.29) is 63.0 Å². The SMILES string of the molecule is CC(C)(C)OC(=O)N1[C@H](C=O)COC1(C)C.CCCCCCCCCCCCCC/C=C/[C@@H]1COC(C)(C)N1C(=O)OC(C)(C)C.CCCCCCCCCCCCCCC[P+](c1ccccc1)(c1ccccc1)c1ccccc1.[B].[Br-].[CH2-]CCC.[Li+]. The molecule has 0 aromatic heterocycles. The van der Waals surface area contributed by atoms with Crippen molar-refractivity contribution in [2.75, 3.05) is 19.4 Å². The van der Waals surface area contributed by atoms with Crippen LogP contribution in [0.4, 0.5) is 9.59 Å². The van der Waals surface area contributed by atoms with E-state index in [2.05, 4.69) is 131 Å². The third kappa shape index (κ3) is 35.5. The molecule has 2 saturated heterocycles. The average molecular weight is 1280 g/mol. The molecule has 5 rings (SSSR count). The molecule has 487 valence electrons. The molecule has 2 atom stereocenters. The molecular weight excluding hydrogens is 1160 g/mol. The molecule has 0 saturated carbocycles. The monoisotopic (exact) mass is 1280 g/mol. The van der Waals surface area contributed by atoms with Crippen LogP contribution in [-0.4, -0.2) is 90.8 Å². The van der Waals surface area contributed by atoms with Crippen molar-refractivity contribution in [1.82, 2.24) is 9.80 Å². The van der Waals surface area contributed by atoms with Gasteiger partial charge in [0.15, 0.2) is 0 Å². The molecule has 2 heterocycles. The molecule has 0 unspecified atom stereocenters. The number of amides is 2. The van der Waals surface area contributed by atoms with Gasteiger partial charge in [-0.05, 0) is 131 Å². The van der Waals surface area contributed by atoms with E-state index in [9.17, 15) is 14.4 Å². The Morgan fingerprint density at radius 1 is 0.517 bits per heavy atom. The maximum atomic E-state index is 12.6. The summed E-state index contributed by atoms with van der Waals surface area (Å²) in [4.78, 5) is 38.5. The number of benzene rings is 3. The summed E-state index contributed by atoms with van der Waals surface area (Å²) in [6.07, 6.45) is 43.6. The molecule has 2 amide bonds. The molecule has 0 N–H and O–H groups in total. The Bertz CT molecular complexity index is 2080. The van der Waals surface area contributed by atoms with E-state index in [0.717, 1.165) is 12.8 Å². The van der Waals surface area contributed by atoms with Crippen molar-refractivity contribution < 1.29 is 69.2 Å². The van der Waals surface area contributed by atoms with Crippen LogP contribution in [-0.2, 0) is 23.7 Å². The van der Waals surface area contributed by atoms with Crippen LogP contribution >= 0.6 is 7.26 Å². The maximum Gasteiger partial charge on any atom is 1.00 e. The number of rotatable bonds is 33. The van der Waals surface area contributed by atoms with E-state index in [4.69, 9.17) is 18.9 Å². The third-order valence-electron chi connectivity index (χ3n) is 15.5. The second kappa shape index (κ2) is 48.8. The van der Waals surface area contributed by atoms with Gasteiger partial charge in [0.05, 0.1) is 25.4 Å². The fraction of sp³-hybridized carbons (Fsp3) is 0.676. The van der Waals surface area contributed by atoms with E-state index in [1.165, 1.54) is 194 Å². The number of allylic oxidation sites excluding steroid dienone is 1. The summed E-state index contributed by atoms with van der Waals surface area (Å²) >= 11 is 0. The van der Waals surface area contributed by atoms with Gasteiger partial charge in [0.1, 0.15) is 58.2 Å². The van der Waals surface area contributed by atoms with Gasteiger partial charge in [-0.25, -0.2) is 9.59 Å². The molecule has 2 aliphatic rings. The topological polar surface area (TPSA) is 94.6 Å². The zero-order chi connectivity index (χ0) is 62.2. The van der Waals surface area contributed by atoms with Gasteiger partial charge in [0.25, 0.3) is 0 Å². The molecule has 2 aliphatic heterocycles. The summed E-state index contributed by atoms with van der Waals surface area (Å²) in [5.74, 6) is 0. The zero-order valence-electron chi connectivity index (χ0n) is 57.8. The summed E-state index contributed by atoms with van der Waals surface area (Å²) in [6, 6.07) is 33.4. The fourth-order valence-corrected chi connectivity index (χ4v) is 15.3. The van der Waals surface area contributed by atoms with Crippen molar-refractivity contribution in [3.05, 3.63) is 110 Å². The van der Waals surface area contributed by atoms with Crippen LogP contribution in [0.5, 0.6) is 0 Å². The molecular formula is C74H123BBrLiN2O7P. The molecule has 0 spiro atoms. The number of hydrogen-bond acceptors (Lipinski definition) is 7. The Hall–Kier alpha value is -2.90. The Morgan fingerprint density at radius 2 is 0.805 bits per heavy atom. The summed E-state index contributed by atoms with van der Waals surface area (Å²) in [5, 5.41) is 4.56. The number of nitrogens with zero attached hydrogens (tertiary/aromatic N) is 2. The number of carbonyl (C=O) groups is 3. The van der Waals surface area contributed by atoms with E-state index in [1.807, 2.05) is 34.6 Å². The van der Waals surface area contributed by atoms with Crippen LogP contribution in [0.2, 0.25) is 0 Å². The Balaban J connectivity index is 0. The van der Waals surface area contributed by atoms with Crippen molar-refractivity contribution in [1.29, 1.82) is 0 Å². The first-order valence-corrected chi connectivity index (χ1v) is 35.4. The van der Waals surface area contributed by atoms with Crippen LogP contribution < -0.4 is 51.8 Å². The van der Waals surface area contributed by atoms with Gasteiger partial charge in [-0.15, -0.1) is 0 Å². The Kier molecular flexibility index (Phi) is 48.4. The van der Waals surface area contributed by atoms with Crippen LogP contribution in [0.3, 0.4) is 0 Å². The molecule has 3 radical (unpaired) electrons. The largest absolute Gasteiger partial charge is 1.00 e. The quantitative estimate of drug-likeness (QED) is 0.0150. The van der Waals surface area contributed by atoms with Gasteiger partial charge < -0.3 is 47.6 Å². The third-order valence-corrected chi connectivity index (χ3v) is 20.0. The molecule has 9 nitrogen and oxygen atoms in total. The molecule has 13 heteroatoms. The number of aldehydes is 1. The minimum absolute atomic E-state index is 0. The van der Waals surface area contributed by atoms with Crippen LogP contribution in [0.15, 0.2) is 103 Å². The molecule has 2 fully saturated rings. The second-order valence-corrected chi connectivity index (χ2v) is 29.8. The van der Waals surface area contributed by atoms with Gasteiger partial charge >= 0.3 is 31.0 Å². The number of ether oxygens (including phenoxy) is 4. The van der Waals surface area contributed by atoms with Crippen LogP contribution in [0.1, 0.15) is 270 Å². The molecule has 3 aromatic carbocycles.